The molecule has 17 heavy (non-hydrogen) atoms. The first kappa shape index (κ1) is 12.7. The lowest BCUT2D eigenvalue weighted by Gasteiger charge is -2.13. The summed E-state index contributed by atoms with van der Waals surface area (Å²) in [6, 6.07) is 8.27. The maximum Gasteiger partial charge on any atom is 0.0626 e. The number of rotatable bonds is 4. The monoisotopic (exact) mass is 311 g/mol. The molecule has 0 aliphatic carbocycles. The topological polar surface area (TPSA) is 43.8 Å². The van der Waals surface area contributed by atoms with Gasteiger partial charge in [0, 0.05) is 34.4 Å². The number of halogens is 1. The van der Waals surface area contributed by atoms with Crippen molar-refractivity contribution in [2.75, 3.05) is 6.54 Å². The van der Waals surface area contributed by atoms with E-state index in [0.29, 0.717) is 6.54 Å². The molecule has 2 N–H and O–H groups in total. The zero-order valence-electron chi connectivity index (χ0n) is 9.51. The van der Waals surface area contributed by atoms with E-state index in [1.807, 2.05) is 31.6 Å². The second kappa shape index (κ2) is 5.71. The Kier molecular flexibility index (Phi) is 4.25. The van der Waals surface area contributed by atoms with Gasteiger partial charge in [0.05, 0.1) is 6.20 Å². The molecular weight excluding hydrogens is 298 g/mol. The summed E-state index contributed by atoms with van der Waals surface area (Å²) in [5.41, 5.74) is 7.08. The van der Waals surface area contributed by atoms with Crippen LogP contribution in [0, 0.1) is 0 Å². The first-order valence-corrected chi connectivity index (χ1v) is 6.97. The second-order valence-electron chi connectivity index (χ2n) is 3.75. The third-order valence-electron chi connectivity index (χ3n) is 2.39. The standard InChI is InChI=1S/C12H14BrN3S/c1-16-8-11(7-15-16)17-12(6-14)9-3-2-4-10(13)5-9/h2-5,7-8,12H,6,14H2,1H3. The van der Waals surface area contributed by atoms with Crippen LogP contribution in [0.15, 0.2) is 46.0 Å². The molecule has 90 valence electrons. The summed E-state index contributed by atoms with van der Waals surface area (Å²) in [5, 5.41) is 4.42. The summed E-state index contributed by atoms with van der Waals surface area (Å²) in [5.74, 6) is 0. The second-order valence-corrected chi connectivity index (χ2v) is 5.94. The lowest BCUT2D eigenvalue weighted by Crippen LogP contribution is -2.09. The molecule has 0 aliphatic heterocycles. The highest BCUT2D eigenvalue weighted by atomic mass is 79.9. The van der Waals surface area contributed by atoms with E-state index in [0.717, 1.165) is 9.37 Å². The number of hydrogen-bond acceptors (Lipinski definition) is 3. The summed E-state index contributed by atoms with van der Waals surface area (Å²) in [6.07, 6.45) is 3.87. The number of benzene rings is 1. The minimum atomic E-state index is 0.261. The molecule has 0 radical (unpaired) electrons. The number of thioether (sulfide) groups is 1. The molecule has 2 aromatic rings. The Bertz CT molecular complexity index is 498. The van der Waals surface area contributed by atoms with E-state index in [4.69, 9.17) is 5.73 Å². The number of hydrogen-bond donors (Lipinski definition) is 1. The molecule has 1 heterocycles. The van der Waals surface area contributed by atoms with Gasteiger partial charge in [0.25, 0.3) is 0 Å². The number of aryl methyl sites for hydroxylation is 1. The predicted octanol–water partition coefficient (Wildman–Crippen LogP) is 2.97. The van der Waals surface area contributed by atoms with Gasteiger partial charge in [-0.3, -0.25) is 4.68 Å². The van der Waals surface area contributed by atoms with E-state index in [9.17, 15) is 0 Å². The third-order valence-corrected chi connectivity index (χ3v) is 4.12. The van der Waals surface area contributed by atoms with E-state index < -0.39 is 0 Å². The highest BCUT2D eigenvalue weighted by molar-refractivity contribution is 9.10. The Morgan fingerprint density at radius 3 is 2.94 bits per heavy atom. The van der Waals surface area contributed by atoms with Crippen LogP contribution in [-0.2, 0) is 7.05 Å². The fourth-order valence-corrected chi connectivity index (χ4v) is 3.03. The lowest BCUT2D eigenvalue weighted by atomic mass is 10.1. The summed E-state index contributed by atoms with van der Waals surface area (Å²) in [6.45, 7) is 0.607. The van der Waals surface area contributed by atoms with Crippen molar-refractivity contribution in [2.45, 2.75) is 10.1 Å². The first-order valence-electron chi connectivity index (χ1n) is 5.30. The van der Waals surface area contributed by atoms with Gasteiger partial charge in [-0.1, -0.05) is 28.1 Å². The fraction of sp³-hybridized carbons (Fsp3) is 0.250. The van der Waals surface area contributed by atoms with E-state index in [1.165, 1.54) is 5.56 Å². The minimum Gasteiger partial charge on any atom is -0.329 e. The highest BCUT2D eigenvalue weighted by Gasteiger charge is 2.12. The Morgan fingerprint density at radius 1 is 1.53 bits per heavy atom. The normalized spacial score (nSPS) is 12.6. The van der Waals surface area contributed by atoms with E-state index in [-0.39, 0.29) is 5.25 Å². The van der Waals surface area contributed by atoms with Crippen molar-refractivity contribution in [3.05, 3.63) is 46.7 Å². The molecule has 1 aromatic heterocycles. The Balaban J connectivity index is 2.16. The highest BCUT2D eigenvalue weighted by Crippen LogP contribution is 2.34. The molecule has 1 unspecified atom stereocenters. The van der Waals surface area contributed by atoms with Crippen LogP contribution < -0.4 is 5.73 Å². The van der Waals surface area contributed by atoms with Crippen molar-refractivity contribution in [1.82, 2.24) is 9.78 Å². The van der Waals surface area contributed by atoms with Gasteiger partial charge in [-0.05, 0) is 17.7 Å². The van der Waals surface area contributed by atoms with Crippen molar-refractivity contribution < 1.29 is 0 Å². The van der Waals surface area contributed by atoms with Crippen LogP contribution in [-0.4, -0.2) is 16.3 Å². The van der Waals surface area contributed by atoms with Crippen molar-refractivity contribution in [3.63, 3.8) is 0 Å². The van der Waals surface area contributed by atoms with Crippen LogP contribution in [0.2, 0.25) is 0 Å². The molecule has 0 bridgehead atoms. The molecular formula is C12H14BrN3S. The lowest BCUT2D eigenvalue weighted by molar-refractivity contribution is 0.766. The molecule has 0 fully saturated rings. The average Bonchev–Trinajstić information content (AvgIpc) is 2.72. The van der Waals surface area contributed by atoms with E-state index in [2.05, 4.69) is 33.2 Å². The largest absolute Gasteiger partial charge is 0.329 e. The van der Waals surface area contributed by atoms with Crippen LogP contribution in [0.25, 0.3) is 0 Å². The maximum atomic E-state index is 5.85. The van der Waals surface area contributed by atoms with E-state index in [1.54, 1.807) is 16.4 Å². The molecule has 0 aliphatic rings. The quantitative estimate of drug-likeness (QED) is 0.883. The third kappa shape index (κ3) is 3.34. The molecule has 1 aromatic carbocycles. The van der Waals surface area contributed by atoms with E-state index >= 15 is 0 Å². The zero-order valence-corrected chi connectivity index (χ0v) is 11.9. The molecule has 1 atom stereocenters. The maximum absolute atomic E-state index is 5.85. The van der Waals surface area contributed by atoms with Crippen molar-refractivity contribution in [3.8, 4) is 0 Å². The summed E-state index contributed by atoms with van der Waals surface area (Å²) < 4.78 is 2.89. The SMILES string of the molecule is Cn1cc(SC(CN)c2cccc(Br)c2)cn1. The molecule has 0 saturated carbocycles. The average molecular weight is 312 g/mol. The number of nitrogens with zero attached hydrogens (tertiary/aromatic N) is 2. The molecule has 2 rings (SSSR count). The first-order chi connectivity index (χ1) is 8.19. The van der Waals surface area contributed by atoms with Crippen LogP contribution in [0.4, 0.5) is 0 Å². The number of aromatic nitrogens is 2. The zero-order chi connectivity index (χ0) is 12.3. The molecule has 5 heteroatoms. The van der Waals surface area contributed by atoms with Crippen LogP contribution in [0.1, 0.15) is 10.8 Å². The fourth-order valence-electron chi connectivity index (χ4n) is 1.58. The molecule has 3 nitrogen and oxygen atoms in total. The smallest absolute Gasteiger partial charge is 0.0626 e. The van der Waals surface area contributed by atoms with Gasteiger partial charge in [0.1, 0.15) is 0 Å². The summed E-state index contributed by atoms with van der Waals surface area (Å²) in [4.78, 5) is 1.14. The van der Waals surface area contributed by atoms with Crippen LogP contribution >= 0.6 is 27.7 Å². The Labute approximate surface area is 114 Å². The molecule has 0 saturated heterocycles. The van der Waals surface area contributed by atoms with Crippen LogP contribution in [0.3, 0.4) is 0 Å². The summed E-state index contributed by atoms with van der Waals surface area (Å²) in [7, 11) is 1.92. The minimum absolute atomic E-state index is 0.261. The van der Waals surface area contributed by atoms with Crippen LogP contribution in [0.5, 0.6) is 0 Å². The number of nitrogens with two attached hydrogens (primary N) is 1. The predicted molar refractivity (Wildman–Crippen MR) is 75.0 cm³/mol. The van der Waals surface area contributed by atoms with Crippen molar-refractivity contribution in [1.29, 1.82) is 0 Å². The van der Waals surface area contributed by atoms with Gasteiger partial charge in [-0.15, -0.1) is 11.8 Å². The van der Waals surface area contributed by atoms with Gasteiger partial charge in [-0.2, -0.15) is 5.10 Å². The Hall–Kier alpha value is -0.780. The van der Waals surface area contributed by atoms with Crippen molar-refractivity contribution in [2.24, 2.45) is 12.8 Å². The van der Waals surface area contributed by atoms with Gasteiger partial charge >= 0.3 is 0 Å². The van der Waals surface area contributed by atoms with Gasteiger partial charge in [-0.25, -0.2) is 0 Å². The Morgan fingerprint density at radius 2 is 2.35 bits per heavy atom. The van der Waals surface area contributed by atoms with Gasteiger partial charge in [0.2, 0.25) is 0 Å². The molecule has 0 spiro atoms. The van der Waals surface area contributed by atoms with Crippen molar-refractivity contribution >= 4 is 27.7 Å². The molecule has 0 amide bonds. The summed E-state index contributed by atoms with van der Waals surface area (Å²) >= 11 is 5.22. The van der Waals surface area contributed by atoms with Gasteiger partial charge < -0.3 is 5.73 Å². The van der Waals surface area contributed by atoms with Gasteiger partial charge in [0.15, 0.2) is 0 Å².